The van der Waals surface area contributed by atoms with Crippen LogP contribution in [0.1, 0.15) is 16.7 Å². The number of methoxy groups -OCH3 is 1. The second-order valence-corrected chi connectivity index (χ2v) is 5.04. The fraction of sp³-hybridized carbons (Fsp3) is 0.333. The van der Waals surface area contributed by atoms with Gasteiger partial charge in [-0.3, -0.25) is 4.79 Å². The van der Waals surface area contributed by atoms with Crippen LogP contribution < -0.4 is 0 Å². The summed E-state index contributed by atoms with van der Waals surface area (Å²) in [5.41, 5.74) is -3.91. The van der Waals surface area contributed by atoms with Gasteiger partial charge in [0.2, 0.25) is 0 Å². The largest absolute Gasteiger partial charge is 0.469 e. The highest BCUT2D eigenvalue weighted by molar-refractivity contribution is 8.00. The molecule has 108 valence electrons. The molecule has 0 atom stereocenters. The van der Waals surface area contributed by atoms with Crippen LogP contribution in [0.4, 0.5) is 13.2 Å². The molecule has 3 nitrogen and oxygen atoms in total. The third-order valence-corrected chi connectivity index (χ3v) is 3.43. The first kappa shape index (κ1) is 16.7. The summed E-state index contributed by atoms with van der Waals surface area (Å²) in [7, 11) is 1.20. The first-order valence-electron chi connectivity index (χ1n) is 5.25. The van der Waals surface area contributed by atoms with Gasteiger partial charge in [-0.05, 0) is 35.0 Å². The molecule has 0 amide bonds. The van der Waals surface area contributed by atoms with Crippen molar-refractivity contribution in [1.29, 1.82) is 5.26 Å². The van der Waals surface area contributed by atoms with Gasteiger partial charge in [-0.15, -0.1) is 11.6 Å². The molecule has 1 rings (SSSR count). The van der Waals surface area contributed by atoms with E-state index in [4.69, 9.17) is 16.9 Å². The van der Waals surface area contributed by atoms with Crippen molar-refractivity contribution in [3.8, 4) is 6.07 Å². The third kappa shape index (κ3) is 4.62. The SMILES string of the molecule is COC(=O)Cc1cc(C#N)c(SC(F)(F)F)cc1CCl. The van der Waals surface area contributed by atoms with E-state index < -0.39 is 11.5 Å². The predicted molar refractivity (Wildman–Crippen MR) is 68.3 cm³/mol. The van der Waals surface area contributed by atoms with E-state index in [9.17, 15) is 18.0 Å². The average Bonchev–Trinajstić information content (AvgIpc) is 2.37. The molecule has 0 fully saturated rings. The summed E-state index contributed by atoms with van der Waals surface area (Å²) in [4.78, 5) is 11.0. The molecule has 1 aromatic carbocycles. The average molecular weight is 324 g/mol. The zero-order chi connectivity index (χ0) is 15.3. The molecule has 0 unspecified atom stereocenters. The Balaban J connectivity index is 3.24. The van der Waals surface area contributed by atoms with E-state index in [-0.39, 0.29) is 34.5 Å². The summed E-state index contributed by atoms with van der Waals surface area (Å²) in [6.45, 7) is 0. The summed E-state index contributed by atoms with van der Waals surface area (Å²) in [5.74, 6) is -0.625. The number of hydrogen-bond acceptors (Lipinski definition) is 4. The van der Waals surface area contributed by atoms with E-state index in [2.05, 4.69) is 4.74 Å². The summed E-state index contributed by atoms with van der Waals surface area (Å²) in [5, 5.41) is 8.91. The number of carbonyl (C=O) groups is 1. The van der Waals surface area contributed by atoms with Crippen molar-refractivity contribution in [3.05, 3.63) is 28.8 Å². The van der Waals surface area contributed by atoms with Gasteiger partial charge >= 0.3 is 11.5 Å². The second kappa shape index (κ2) is 6.86. The van der Waals surface area contributed by atoms with Crippen LogP contribution in [0.15, 0.2) is 17.0 Å². The number of nitriles is 1. The van der Waals surface area contributed by atoms with Gasteiger partial charge in [0.05, 0.1) is 19.1 Å². The molecule has 1 aromatic rings. The molecule has 0 saturated heterocycles. The van der Waals surface area contributed by atoms with Crippen LogP contribution in [-0.4, -0.2) is 18.6 Å². The molecule has 0 aliphatic carbocycles. The van der Waals surface area contributed by atoms with Gasteiger partial charge in [-0.25, -0.2) is 0 Å². The van der Waals surface area contributed by atoms with Gasteiger partial charge in [-0.2, -0.15) is 18.4 Å². The zero-order valence-electron chi connectivity index (χ0n) is 10.3. The van der Waals surface area contributed by atoms with Gasteiger partial charge in [0.1, 0.15) is 6.07 Å². The monoisotopic (exact) mass is 323 g/mol. The van der Waals surface area contributed by atoms with Crippen LogP contribution in [0.5, 0.6) is 0 Å². The van der Waals surface area contributed by atoms with Crippen molar-refractivity contribution in [2.75, 3.05) is 7.11 Å². The van der Waals surface area contributed by atoms with Gasteiger partial charge in [0.25, 0.3) is 0 Å². The quantitative estimate of drug-likeness (QED) is 0.482. The Bertz CT molecular complexity index is 555. The lowest BCUT2D eigenvalue weighted by Gasteiger charge is -2.12. The molecule has 0 spiro atoms. The van der Waals surface area contributed by atoms with Gasteiger partial charge in [0.15, 0.2) is 0 Å². The van der Waals surface area contributed by atoms with Gasteiger partial charge in [0, 0.05) is 10.8 Å². The highest BCUT2D eigenvalue weighted by Crippen LogP contribution is 2.39. The fourth-order valence-electron chi connectivity index (χ4n) is 1.48. The van der Waals surface area contributed by atoms with Crippen molar-refractivity contribution in [2.24, 2.45) is 0 Å². The van der Waals surface area contributed by atoms with Crippen molar-refractivity contribution in [2.45, 2.75) is 22.7 Å². The minimum absolute atomic E-state index is 0.0660. The Hall–Kier alpha value is -1.39. The van der Waals surface area contributed by atoms with E-state index in [0.29, 0.717) is 11.1 Å². The molecule has 0 N–H and O–H groups in total. The third-order valence-electron chi connectivity index (χ3n) is 2.35. The molecule has 0 aliphatic heterocycles. The van der Waals surface area contributed by atoms with Gasteiger partial charge in [-0.1, -0.05) is 0 Å². The normalized spacial score (nSPS) is 11.0. The Morgan fingerprint density at radius 3 is 2.55 bits per heavy atom. The number of esters is 1. The molecule has 0 bridgehead atoms. The topological polar surface area (TPSA) is 50.1 Å². The number of ether oxygens (including phenoxy) is 1. The summed E-state index contributed by atoms with van der Waals surface area (Å²) >= 11 is 5.29. The molecular weight excluding hydrogens is 315 g/mol. The van der Waals surface area contributed by atoms with Crippen LogP contribution in [0.3, 0.4) is 0 Å². The van der Waals surface area contributed by atoms with Crippen molar-refractivity contribution >= 4 is 29.3 Å². The van der Waals surface area contributed by atoms with E-state index in [1.807, 2.05) is 0 Å². The lowest BCUT2D eigenvalue weighted by Crippen LogP contribution is -2.08. The van der Waals surface area contributed by atoms with Crippen molar-refractivity contribution < 1.29 is 22.7 Å². The first-order chi connectivity index (χ1) is 9.30. The summed E-state index contributed by atoms with van der Waals surface area (Å²) in [6, 6.07) is 4.11. The maximum atomic E-state index is 12.4. The van der Waals surface area contributed by atoms with Crippen LogP contribution in [-0.2, 0) is 21.8 Å². The first-order valence-corrected chi connectivity index (χ1v) is 6.60. The van der Waals surface area contributed by atoms with Crippen molar-refractivity contribution in [1.82, 2.24) is 0 Å². The molecule has 0 radical (unpaired) electrons. The Morgan fingerprint density at radius 1 is 1.45 bits per heavy atom. The molecule has 0 heterocycles. The summed E-state index contributed by atoms with van der Waals surface area (Å²) in [6.07, 6.45) is -0.149. The van der Waals surface area contributed by atoms with E-state index in [0.717, 1.165) is 0 Å². The molecule has 20 heavy (non-hydrogen) atoms. The fourth-order valence-corrected chi connectivity index (χ4v) is 2.39. The number of thioether (sulfide) groups is 1. The van der Waals surface area contributed by atoms with E-state index in [1.54, 1.807) is 6.07 Å². The highest BCUT2D eigenvalue weighted by Gasteiger charge is 2.31. The maximum Gasteiger partial charge on any atom is 0.446 e. The zero-order valence-corrected chi connectivity index (χ0v) is 11.8. The number of nitrogens with zero attached hydrogens (tertiary/aromatic N) is 1. The number of benzene rings is 1. The lowest BCUT2D eigenvalue weighted by atomic mass is 10.0. The number of carbonyl (C=O) groups excluding carboxylic acids is 1. The van der Waals surface area contributed by atoms with Crippen molar-refractivity contribution in [3.63, 3.8) is 0 Å². The standard InChI is InChI=1S/C12H9ClF3NO2S/c1-19-11(18)4-7-2-9(6-17)10(3-8(7)5-13)20-12(14,15)16/h2-3H,4-5H2,1H3. The van der Waals surface area contributed by atoms with E-state index >= 15 is 0 Å². The minimum Gasteiger partial charge on any atom is -0.469 e. The predicted octanol–water partition coefficient (Wildman–Crippen LogP) is 3.62. The Labute approximate surface area is 122 Å². The number of alkyl halides is 4. The Morgan fingerprint density at radius 2 is 2.10 bits per heavy atom. The molecule has 0 aliphatic rings. The second-order valence-electron chi connectivity index (χ2n) is 3.66. The minimum atomic E-state index is -4.50. The van der Waals surface area contributed by atoms with Crippen LogP contribution >= 0.6 is 23.4 Å². The Kier molecular flexibility index (Phi) is 5.72. The van der Waals surface area contributed by atoms with Crippen LogP contribution in [0, 0.1) is 11.3 Å². The molecule has 0 aromatic heterocycles. The van der Waals surface area contributed by atoms with Gasteiger partial charge < -0.3 is 4.74 Å². The lowest BCUT2D eigenvalue weighted by molar-refractivity contribution is -0.139. The van der Waals surface area contributed by atoms with E-state index in [1.165, 1.54) is 19.2 Å². The number of halogens is 4. The molecule has 8 heteroatoms. The number of rotatable bonds is 4. The van der Waals surface area contributed by atoms with Crippen LogP contribution in [0.2, 0.25) is 0 Å². The number of hydrogen-bond donors (Lipinski definition) is 0. The van der Waals surface area contributed by atoms with Crippen LogP contribution in [0.25, 0.3) is 0 Å². The summed E-state index contributed by atoms with van der Waals surface area (Å²) < 4.78 is 41.7. The maximum absolute atomic E-state index is 12.4. The molecule has 0 saturated carbocycles. The highest BCUT2D eigenvalue weighted by atomic mass is 35.5. The molecular formula is C12H9ClF3NO2S. The smallest absolute Gasteiger partial charge is 0.446 e.